The highest BCUT2D eigenvalue weighted by Crippen LogP contribution is 2.27. The Morgan fingerprint density at radius 3 is 3.00 bits per heavy atom. The van der Waals surface area contributed by atoms with Gasteiger partial charge >= 0.3 is 0 Å². The molecule has 0 aromatic heterocycles. The maximum absolute atomic E-state index is 11.1. The van der Waals surface area contributed by atoms with Crippen molar-refractivity contribution in [3.63, 3.8) is 0 Å². The van der Waals surface area contributed by atoms with E-state index < -0.39 is 0 Å². The highest BCUT2D eigenvalue weighted by atomic mass is 16.5. The lowest BCUT2D eigenvalue weighted by molar-refractivity contribution is -0.124. The molecule has 1 atom stereocenters. The summed E-state index contributed by atoms with van der Waals surface area (Å²) in [6.45, 7) is 1.58. The van der Waals surface area contributed by atoms with Crippen molar-refractivity contribution in [1.29, 1.82) is 0 Å². The predicted octanol–water partition coefficient (Wildman–Crippen LogP) is 1.97. The van der Waals surface area contributed by atoms with Gasteiger partial charge < -0.3 is 4.74 Å². The van der Waals surface area contributed by atoms with Gasteiger partial charge in [-0.15, -0.1) is 0 Å². The first-order chi connectivity index (χ1) is 6.27. The number of rotatable bonds is 1. The monoisotopic (exact) mass is 176 g/mol. The summed E-state index contributed by atoms with van der Waals surface area (Å²) in [4.78, 5) is 11.1. The smallest absolute Gasteiger partial charge is 0.170 e. The number of carbonyl (C=O) groups is 1. The van der Waals surface area contributed by atoms with Crippen LogP contribution in [-0.4, -0.2) is 11.9 Å². The number of para-hydroxylation sites is 1. The summed E-state index contributed by atoms with van der Waals surface area (Å²) in [5, 5.41) is 0. The average Bonchev–Trinajstić information content (AvgIpc) is 2.17. The maximum Gasteiger partial charge on any atom is 0.170 e. The molecule has 2 rings (SSSR count). The van der Waals surface area contributed by atoms with E-state index in [1.165, 1.54) is 5.56 Å². The molecular weight excluding hydrogens is 164 g/mol. The normalized spacial score (nSPS) is 20.2. The first-order valence-corrected chi connectivity index (χ1v) is 4.52. The van der Waals surface area contributed by atoms with E-state index >= 15 is 0 Å². The summed E-state index contributed by atoms with van der Waals surface area (Å²) in [6.07, 6.45) is 1.53. The first kappa shape index (κ1) is 8.30. The van der Waals surface area contributed by atoms with Crippen LogP contribution in [0.5, 0.6) is 5.75 Å². The van der Waals surface area contributed by atoms with E-state index in [1.807, 2.05) is 24.3 Å². The quantitative estimate of drug-likeness (QED) is 0.654. The number of hydrogen-bond acceptors (Lipinski definition) is 2. The average molecular weight is 176 g/mol. The molecule has 1 heterocycles. The summed E-state index contributed by atoms with van der Waals surface area (Å²) in [6, 6.07) is 7.90. The SMILES string of the molecule is CC(=O)[C@H]1CCc2ccccc2O1. The van der Waals surface area contributed by atoms with Crippen LogP contribution in [-0.2, 0) is 11.2 Å². The molecule has 0 amide bonds. The molecule has 1 aliphatic rings. The van der Waals surface area contributed by atoms with Crippen LogP contribution in [0.2, 0.25) is 0 Å². The molecule has 0 saturated carbocycles. The van der Waals surface area contributed by atoms with Gasteiger partial charge in [0.1, 0.15) is 5.75 Å². The molecule has 13 heavy (non-hydrogen) atoms. The molecule has 0 unspecified atom stereocenters. The number of hydrogen-bond donors (Lipinski definition) is 0. The van der Waals surface area contributed by atoms with Crippen molar-refractivity contribution in [1.82, 2.24) is 0 Å². The third kappa shape index (κ3) is 1.57. The summed E-state index contributed by atoms with van der Waals surface area (Å²) in [5.74, 6) is 0.989. The Hall–Kier alpha value is -1.31. The Kier molecular flexibility index (Phi) is 2.05. The Bertz CT molecular complexity index is 331. The van der Waals surface area contributed by atoms with Crippen LogP contribution in [0.1, 0.15) is 18.9 Å². The molecule has 0 saturated heterocycles. The standard InChI is InChI=1S/C11H12O2/c1-8(12)10-7-6-9-4-2-3-5-11(9)13-10/h2-5,10H,6-7H2,1H3/t10-/m1/s1. The fourth-order valence-corrected chi connectivity index (χ4v) is 1.61. The second kappa shape index (κ2) is 3.21. The topological polar surface area (TPSA) is 26.3 Å². The highest BCUT2D eigenvalue weighted by Gasteiger charge is 2.22. The maximum atomic E-state index is 11.1. The highest BCUT2D eigenvalue weighted by molar-refractivity contribution is 5.81. The van der Waals surface area contributed by atoms with E-state index in [0.717, 1.165) is 18.6 Å². The summed E-state index contributed by atoms with van der Waals surface area (Å²) >= 11 is 0. The van der Waals surface area contributed by atoms with Gasteiger partial charge in [0.15, 0.2) is 11.9 Å². The van der Waals surface area contributed by atoms with Gasteiger partial charge in [0.25, 0.3) is 0 Å². The zero-order valence-electron chi connectivity index (χ0n) is 7.62. The van der Waals surface area contributed by atoms with Crippen LogP contribution < -0.4 is 4.74 Å². The fraction of sp³-hybridized carbons (Fsp3) is 0.364. The van der Waals surface area contributed by atoms with Gasteiger partial charge in [-0.1, -0.05) is 18.2 Å². The van der Waals surface area contributed by atoms with Gasteiger partial charge in [-0.2, -0.15) is 0 Å². The molecule has 0 spiro atoms. The lowest BCUT2D eigenvalue weighted by Gasteiger charge is -2.23. The molecular formula is C11H12O2. The first-order valence-electron chi connectivity index (χ1n) is 4.52. The van der Waals surface area contributed by atoms with E-state index in [2.05, 4.69) is 0 Å². The molecule has 1 aromatic carbocycles. The second-order valence-corrected chi connectivity index (χ2v) is 3.36. The molecule has 1 aliphatic heterocycles. The van der Waals surface area contributed by atoms with Crippen LogP contribution in [0.25, 0.3) is 0 Å². The zero-order valence-corrected chi connectivity index (χ0v) is 7.62. The van der Waals surface area contributed by atoms with E-state index in [0.29, 0.717) is 0 Å². The summed E-state index contributed by atoms with van der Waals surface area (Å²) in [7, 11) is 0. The molecule has 0 N–H and O–H groups in total. The van der Waals surface area contributed by atoms with Crippen LogP contribution >= 0.6 is 0 Å². The Morgan fingerprint density at radius 2 is 2.23 bits per heavy atom. The number of fused-ring (bicyclic) bond motifs is 1. The van der Waals surface area contributed by atoms with Crippen LogP contribution in [0.3, 0.4) is 0 Å². The minimum Gasteiger partial charge on any atom is -0.482 e. The molecule has 0 aliphatic carbocycles. The third-order valence-corrected chi connectivity index (χ3v) is 2.37. The van der Waals surface area contributed by atoms with Gasteiger partial charge in [-0.05, 0) is 31.4 Å². The predicted molar refractivity (Wildman–Crippen MR) is 49.9 cm³/mol. The molecule has 0 radical (unpaired) electrons. The zero-order chi connectivity index (χ0) is 9.26. The third-order valence-electron chi connectivity index (χ3n) is 2.37. The summed E-state index contributed by atoms with van der Waals surface area (Å²) < 4.78 is 5.54. The van der Waals surface area contributed by atoms with E-state index in [1.54, 1.807) is 6.92 Å². The van der Waals surface area contributed by atoms with E-state index in [-0.39, 0.29) is 11.9 Å². The fourth-order valence-electron chi connectivity index (χ4n) is 1.61. The minimum atomic E-state index is -0.227. The summed E-state index contributed by atoms with van der Waals surface area (Å²) in [5.41, 5.74) is 1.21. The van der Waals surface area contributed by atoms with Crippen LogP contribution in [0.4, 0.5) is 0 Å². The van der Waals surface area contributed by atoms with Crippen molar-refractivity contribution >= 4 is 5.78 Å². The molecule has 1 aromatic rings. The molecule has 2 nitrogen and oxygen atoms in total. The van der Waals surface area contributed by atoms with Gasteiger partial charge in [-0.3, -0.25) is 4.79 Å². The molecule has 68 valence electrons. The lowest BCUT2D eigenvalue weighted by Crippen LogP contribution is -2.29. The van der Waals surface area contributed by atoms with Gasteiger partial charge in [0.05, 0.1) is 0 Å². The number of carbonyl (C=O) groups excluding carboxylic acids is 1. The second-order valence-electron chi connectivity index (χ2n) is 3.36. The number of ketones is 1. The number of aryl methyl sites for hydroxylation is 1. The van der Waals surface area contributed by atoms with Crippen molar-refractivity contribution in [2.24, 2.45) is 0 Å². The number of Topliss-reactive ketones (excluding diaryl/α,β-unsaturated/α-hetero) is 1. The minimum absolute atomic E-state index is 0.120. The molecule has 0 fully saturated rings. The van der Waals surface area contributed by atoms with E-state index in [4.69, 9.17) is 4.74 Å². The largest absolute Gasteiger partial charge is 0.482 e. The van der Waals surface area contributed by atoms with Gasteiger partial charge in [-0.25, -0.2) is 0 Å². The molecule has 2 heteroatoms. The van der Waals surface area contributed by atoms with Crippen LogP contribution in [0.15, 0.2) is 24.3 Å². The van der Waals surface area contributed by atoms with Crippen molar-refractivity contribution in [2.75, 3.05) is 0 Å². The van der Waals surface area contributed by atoms with Crippen molar-refractivity contribution in [3.8, 4) is 5.75 Å². The van der Waals surface area contributed by atoms with E-state index in [9.17, 15) is 4.79 Å². The lowest BCUT2D eigenvalue weighted by atomic mass is 10.0. The van der Waals surface area contributed by atoms with Crippen molar-refractivity contribution < 1.29 is 9.53 Å². The van der Waals surface area contributed by atoms with Gasteiger partial charge in [0, 0.05) is 0 Å². The van der Waals surface area contributed by atoms with Crippen molar-refractivity contribution in [3.05, 3.63) is 29.8 Å². The van der Waals surface area contributed by atoms with Crippen molar-refractivity contribution in [2.45, 2.75) is 25.9 Å². The Labute approximate surface area is 77.5 Å². The Morgan fingerprint density at radius 1 is 1.46 bits per heavy atom. The molecule has 0 bridgehead atoms. The Balaban J connectivity index is 2.24. The number of ether oxygens (including phenoxy) is 1. The number of benzene rings is 1. The van der Waals surface area contributed by atoms with Gasteiger partial charge in [0.2, 0.25) is 0 Å². The van der Waals surface area contributed by atoms with Crippen LogP contribution in [0, 0.1) is 0 Å².